The molecule has 0 saturated carbocycles. The van der Waals surface area contributed by atoms with Crippen LogP contribution in [0, 0.1) is 5.92 Å². The summed E-state index contributed by atoms with van der Waals surface area (Å²) in [6, 6.07) is 8.57. The Bertz CT molecular complexity index is 403. The van der Waals surface area contributed by atoms with E-state index in [0.717, 1.165) is 25.7 Å². The minimum absolute atomic E-state index is 0.174. The Kier molecular flexibility index (Phi) is 4.76. The van der Waals surface area contributed by atoms with Crippen LogP contribution in [-0.2, 0) is 17.6 Å². The van der Waals surface area contributed by atoms with Crippen molar-refractivity contribution in [3.05, 3.63) is 35.4 Å². The molecule has 1 aromatic carbocycles. The van der Waals surface area contributed by atoms with E-state index in [2.05, 4.69) is 29.6 Å². The molecule has 0 saturated heterocycles. The smallest absolute Gasteiger partial charge is 0.220 e. The zero-order valence-corrected chi connectivity index (χ0v) is 10.8. The third kappa shape index (κ3) is 3.57. The molecule has 3 nitrogen and oxygen atoms in total. The maximum Gasteiger partial charge on any atom is 0.220 e. The molecule has 0 spiro atoms. The Labute approximate surface area is 109 Å². The van der Waals surface area contributed by atoms with E-state index in [1.807, 2.05) is 0 Å². The van der Waals surface area contributed by atoms with Crippen molar-refractivity contribution in [2.45, 2.75) is 32.1 Å². The van der Waals surface area contributed by atoms with E-state index in [-0.39, 0.29) is 5.91 Å². The number of fused-ring (bicyclic) bond motifs is 1. The van der Waals surface area contributed by atoms with Gasteiger partial charge in [-0.3, -0.25) is 4.79 Å². The lowest BCUT2D eigenvalue weighted by molar-refractivity contribution is -0.122. The molecule has 98 valence electrons. The number of nitrogens with one attached hydrogen (secondary N) is 1. The number of benzene rings is 1. The van der Waals surface area contributed by atoms with Crippen molar-refractivity contribution in [3.8, 4) is 0 Å². The molecule has 0 bridgehead atoms. The molecular formula is C15H22N2O. The molecule has 0 fully saturated rings. The predicted octanol–water partition coefficient (Wildman–Crippen LogP) is 1.65. The van der Waals surface area contributed by atoms with Crippen LogP contribution >= 0.6 is 0 Å². The third-order valence-corrected chi connectivity index (χ3v) is 3.63. The van der Waals surface area contributed by atoms with Crippen molar-refractivity contribution >= 4 is 5.91 Å². The Morgan fingerprint density at radius 1 is 1.33 bits per heavy atom. The Hall–Kier alpha value is -1.35. The van der Waals surface area contributed by atoms with Gasteiger partial charge >= 0.3 is 0 Å². The minimum atomic E-state index is 0.174. The van der Waals surface area contributed by atoms with Gasteiger partial charge in [0.2, 0.25) is 5.91 Å². The number of nitrogens with two attached hydrogens (primary N) is 1. The lowest BCUT2D eigenvalue weighted by Gasteiger charge is -2.24. The maximum absolute atomic E-state index is 11.7. The first-order chi connectivity index (χ1) is 8.79. The first kappa shape index (κ1) is 13.1. The number of rotatable bonds is 5. The fraction of sp³-hybridized carbons (Fsp3) is 0.533. The zero-order valence-electron chi connectivity index (χ0n) is 10.8. The highest BCUT2D eigenvalue weighted by Gasteiger charge is 2.20. The van der Waals surface area contributed by atoms with Crippen molar-refractivity contribution in [1.29, 1.82) is 0 Å². The third-order valence-electron chi connectivity index (χ3n) is 3.63. The second-order valence-corrected chi connectivity index (χ2v) is 5.07. The fourth-order valence-electron chi connectivity index (χ4n) is 2.61. The zero-order chi connectivity index (χ0) is 12.8. The van der Waals surface area contributed by atoms with Crippen molar-refractivity contribution in [2.24, 2.45) is 11.7 Å². The van der Waals surface area contributed by atoms with Crippen LogP contribution in [0.25, 0.3) is 0 Å². The first-order valence-electron chi connectivity index (χ1n) is 6.83. The maximum atomic E-state index is 11.7. The topological polar surface area (TPSA) is 55.1 Å². The number of hydrogen-bond donors (Lipinski definition) is 2. The van der Waals surface area contributed by atoms with Gasteiger partial charge in [-0.2, -0.15) is 0 Å². The molecule has 0 radical (unpaired) electrons. The summed E-state index contributed by atoms with van der Waals surface area (Å²) in [5.74, 6) is 0.672. The van der Waals surface area contributed by atoms with E-state index in [9.17, 15) is 4.79 Å². The van der Waals surface area contributed by atoms with Gasteiger partial charge in [0, 0.05) is 13.0 Å². The highest BCUT2D eigenvalue weighted by molar-refractivity contribution is 5.76. The van der Waals surface area contributed by atoms with Crippen molar-refractivity contribution in [3.63, 3.8) is 0 Å². The molecule has 3 N–H and O–H groups in total. The van der Waals surface area contributed by atoms with E-state index in [0.29, 0.717) is 25.4 Å². The summed E-state index contributed by atoms with van der Waals surface area (Å²) in [7, 11) is 0. The quantitative estimate of drug-likeness (QED) is 0.776. The average molecular weight is 246 g/mol. The summed E-state index contributed by atoms with van der Waals surface area (Å²) < 4.78 is 0. The molecule has 1 aliphatic carbocycles. The van der Waals surface area contributed by atoms with Gasteiger partial charge in [0.25, 0.3) is 0 Å². The minimum Gasteiger partial charge on any atom is -0.356 e. The number of carbonyl (C=O) groups is 1. The molecule has 3 heteroatoms. The summed E-state index contributed by atoms with van der Waals surface area (Å²) in [5, 5.41) is 2.94. The second-order valence-electron chi connectivity index (χ2n) is 5.07. The normalized spacial score (nSPS) is 18.2. The van der Waals surface area contributed by atoms with E-state index >= 15 is 0 Å². The van der Waals surface area contributed by atoms with Crippen LogP contribution in [-0.4, -0.2) is 19.0 Å². The molecule has 1 unspecified atom stereocenters. The summed E-state index contributed by atoms with van der Waals surface area (Å²) >= 11 is 0. The van der Waals surface area contributed by atoms with Crippen LogP contribution in [0.4, 0.5) is 0 Å². The highest BCUT2D eigenvalue weighted by Crippen LogP contribution is 2.27. The monoisotopic (exact) mass is 246 g/mol. The predicted molar refractivity (Wildman–Crippen MR) is 73.3 cm³/mol. The summed E-state index contributed by atoms with van der Waals surface area (Å²) in [5.41, 5.74) is 8.28. The summed E-state index contributed by atoms with van der Waals surface area (Å²) in [6.07, 6.45) is 4.79. The Morgan fingerprint density at radius 2 is 2.11 bits per heavy atom. The van der Waals surface area contributed by atoms with Crippen molar-refractivity contribution in [1.82, 2.24) is 5.32 Å². The van der Waals surface area contributed by atoms with Crippen LogP contribution in [0.2, 0.25) is 0 Å². The van der Waals surface area contributed by atoms with Crippen LogP contribution in [0.15, 0.2) is 24.3 Å². The summed E-state index contributed by atoms with van der Waals surface area (Å²) in [6.45, 7) is 1.34. The van der Waals surface area contributed by atoms with Gasteiger partial charge in [-0.1, -0.05) is 24.3 Å². The summed E-state index contributed by atoms with van der Waals surface area (Å²) in [4.78, 5) is 11.7. The lowest BCUT2D eigenvalue weighted by Crippen LogP contribution is -2.29. The lowest BCUT2D eigenvalue weighted by atomic mass is 9.82. The van der Waals surface area contributed by atoms with E-state index in [4.69, 9.17) is 5.73 Å². The van der Waals surface area contributed by atoms with Gasteiger partial charge in [-0.05, 0) is 49.3 Å². The fourth-order valence-corrected chi connectivity index (χ4v) is 2.61. The molecule has 0 aromatic heterocycles. The largest absolute Gasteiger partial charge is 0.356 e. The van der Waals surface area contributed by atoms with E-state index in [1.54, 1.807) is 0 Å². The number of hydrogen-bond acceptors (Lipinski definition) is 2. The number of amides is 1. The van der Waals surface area contributed by atoms with Crippen LogP contribution in [0.5, 0.6) is 0 Å². The SMILES string of the molecule is NCCCNC(=O)CC1CCc2ccccc2C1. The molecule has 2 rings (SSSR count). The van der Waals surface area contributed by atoms with Crippen molar-refractivity contribution in [2.75, 3.05) is 13.1 Å². The number of aryl methyl sites for hydroxylation is 1. The molecule has 1 aromatic rings. The molecule has 0 aliphatic heterocycles. The van der Waals surface area contributed by atoms with Gasteiger partial charge in [0.1, 0.15) is 0 Å². The van der Waals surface area contributed by atoms with Crippen LogP contribution in [0.1, 0.15) is 30.4 Å². The second kappa shape index (κ2) is 6.55. The van der Waals surface area contributed by atoms with Crippen LogP contribution < -0.4 is 11.1 Å². The van der Waals surface area contributed by atoms with Gasteiger partial charge in [0.15, 0.2) is 0 Å². The number of carbonyl (C=O) groups excluding carboxylic acids is 1. The Morgan fingerprint density at radius 3 is 2.89 bits per heavy atom. The van der Waals surface area contributed by atoms with E-state index < -0.39 is 0 Å². The highest BCUT2D eigenvalue weighted by atomic mass is 16.1. The van der Waals surface area contributed by atoms with Gasteiger partial charge in [0.05, 0.1) is 0 Å². The molecular weight excluding hydrogens is 224 g/mol. The van der Waals surface area contributed by atoms with Gasteiger partial charge in [-0.15, -0.1) is 0 Å². The average Bonchev–Trinajstić information content (AvgIpc) is 2.39. The molecule has 18 heavy (non-hydrogen) atoms. The first-order valence-corrected chi connectivity index (χ1v) is 6.83. The van der Waals surface area contributed by atoms with Gasteiger partial charge < -0.3 is 11.1 Å². The molecule has 0 heterocycles. The van der Waals surface area contributed by atoms with Crippen LogP contribution in [0.3, 0.4) is 0 Å². The Balaban J connectivity index is 1.80. The van der Waals surface area contributed by atoms with Crippen molar-refractivity contribution < 1.29 is 4.79 Å². The molecule has 1 aliphatic rings. The molecule has 1 amide bonds. The molecule has 1 atom stereocenters. The van der Waals surface area contributed by atoms with E-state index in [1.165, 1.54) is 11.1 Å². The standard InChI is InChI=1S/C15H22N2O/c16-8-3-9-17-15(18)11-12-6-7-13-4-1-2-5-14(13)10-12/h1-2,4-5,12H,3,6-11,16H2,(H,17,18). The van der Waals surface area contributed by atoms with Gasteiger partial charge in [-0.25, -0.2) is 0 Å².